The maximum Gasteiger partial charge on any atom is 0.258 e. The van der Waals surface area contributed by atoms with Crippen molar-refractivity contribution in [3.8, 4) is 0 Å². The topological polar surface area (TPSA) is 42.0 Å². The van der Waals surface area contributed by atoms with Crippen molar-refractivity contribution in [3.05, 3.63) is 57.5 Å². The van der Waals surface area contributed by atoms with Gasteiger partial charge in [-0.15, -0.1) is 0 Å². The molecule has 18 heavy (non-hydrogen) atoms. The first-order chi connectivity index (χ1) is 8.58. The van der Waals surface area contributed by atoms with Gasteiger partial charge in [0.1, 0.15) is 5.82 Å². The molecule has 1 aromatic carbocycles. The number of hydrogen-bond acceptors (Lipinski definition) is 2. The third-order valence-electron chi connectivity index (χ3n) is 2.19. The fraction of sp³-hybridized carbons (Fsp3) is 0. The molecular weight excluding hydrogens is 322 g/mol. The van der Waals surface area contributed by atoms with E-state index in [0.29, 0.717) is 15.2 Å². The lowest BCUT2D eigenvalue weighted by molar-refractivity contribution is 0.102. The molecule has 92 valence electrons. The van der Waals surface area contributed by atoms with Gasteiger partial charge in [-0.05, 0) is 24.3 Å². The summed E-state index contributed by atoms with van der Waals surface area (Å²) in [5.74, 6) is -1.18. The zero-order chi connectivity index (χ0) is 13.1. The van der Waals surface area contributed by atoms with Gasteiger partial charge in [-0.3, -0.25) is 9.78 Å². The Bertz CT molecular complexity index is 606. The van der Waals surface area contributed by atoms with Gasteiger partial charge in [0, 0.05) is 10.7 Å². The van der Waals surface area contributed by atoms with Crippen molar-refractivity contribution in [2.75, 3.05) is 5.32 Å². The molecule has 0 radical (unpaired) electrons. The Morgan fingerprint density at radius 1 is 1.39 bits per heavy atom. The summed E-state index contributed by atoms with van der Waals surface area (Å²) in [6, 6.07) is 5.66. The number of rotatable bonds is 2. The van der Waals surface area contributed by atoms with E-state index in [1.807, 2.05) is 0 Å². The molecular formula is C12H7BrClFN2O. The third-order valence-corrected chi connectivity index (χ3v) is 3.01. The zero-order valence-corrected chi connectivity index (χ0v) is 11.3. The van der Waals surface area contributed by atoms with Gasteiger partial charge in [-0.25, -0.2) is 4.39 Å². The number of nitrogens with zero attached hydrogens (tertiary/aromatic N) is 1. The Balaban J connectivity index is 2.28. The van der Waals surface area contributed by atoms with E-state index in [2.05, 4.69) is 26.2 Å². The highest BCUT2D eigenvalue weighted by atomic mass is 79.9. The monoisotopic (exact) mass is 328 g/mol. The van der Waals surface area contributed by atoms with E-state index in [-0.39, 0.29) is 5.56 Å². The molecule has 0 fully saturated rings. The fourth-order valence-corrected chi connectivity index (χ4v) is 1.84. The van der Waals surface area contributed by atoms with Crippen molar-refractivity contribution < 1.29 is 9.18 Å². The van der Waals surface area contributed by atoms with Crippen LogP contribution in [0.15, 0.2) is 41.1 Å². The number of pyridine rings is 1. The number of amides is 1. The van der Waals surface area contributed by atoms with Crippen LogP contribution in [-0.4, -0.2) is 10.9 Å². The molecule has 0 unspecified atom stereocenters. The molecule has 0 aliphatic carbocycles. The molecule has 2 rings (SSSR count). The molecule has 0 bridgehead atoms. The van der Waals surface area contributed by atoms with Crippen LogP contribution < -0.4 is 5.32 Å². The van der Waals surface area contributed by atoms with Crippen molar-refractivity contribution in [3.63, 3.8) is 0 Å². The van der Waals surface area contributed by atoms with E-state index in [1.165, 1.54) is 36.7 Å². The smallest absolute Gasteiger partial charge is 0.258 e. The number of benzene rings is 1. The Morgan fingerprint density at radius 3 is 2.89 bits per heavy atom. The normalized spacial score (nSPS) is 10.2. The van der Waals surface area contributed by atoms with Crippen LogP contribution in [0.4, 0.5) is 10.1 Å². The third kappa shape index (κ3) is 2.86. The quantitative estimate of drug-likeness (QED) is 0.908. The van der Waals surface area contributed by atoms with Crippen molar-refractivity contribution in [1.82, 2.24) is 4.98 Å². The lowest BCUT2D eigenvalue weighted by atomic mass is 10.2. The average Bonchev–Trinajstić information content (AvgIpc) is 2.35. The molecule has 1 heterocycles. The molecule has 0 saturated heterocycles. The maximum absolute atomic E-state index is 13.5. The minimum absolute atomic E-state index is 0.0655. The van der Waals surface area contributed by atoms with Crippen LogP contribution in [-0.2, 0) is 0 Å². The SMILES string of the molecule is O=C(Nc1cnccc1Cl)c1cc(Br)ccc1F. The van der Waals surface area contributed by atoms with Gasteiger partial charge in [0.05, 0.1) is 22.5 Å². The molecule has 1 N–H and O–H groups in total. The molecule has 2 aromatic rings. The highest BCUT2D eigenvalue weighted by molar-refractivity contribution is 9.10. The molecule has 0 spiro atoms. The Morgan fingerprint density at radius 2 is 2.17 bits per heavy atom. The highest BCUT2D eigenvalue weighted by Gasteiger charge is 2.13. The van der Waals surface area contributed by atoms with Crippen LogP contribution in [0.1, 0.15) is 10.4 Å². The first-order valence-corrected chi connectivity index (χ1v) is 6.11. The Kier molecular flexibility index (Phi) is 3.93. The number of aromatic nitrogens is 1. The maximum atomic E-state index is 13.5. The first kappa shape index (κ1) is 13.0. The molecule has 0 aliphatic heterocycles. The number of carbonyl (C=O) groups excluding carboxylic acids is 1. The van der Waals surface area contributed by atoms with Crippen LogP contribution in [0, 0.1) is 5.82 Å². The van der Waals surface area contributed by atoms with Gasteiger partial charge in [-0.1, -0.05) is 27.5 Å². The summed E-state index contributed by atoms with van der Waals surface area (Å²) in [6.45, 7) is 0. The van der Waals surface area contributed by atoms with E-state index in [4.69, 9.17) is 11.6 Å². The van der Waals surface area contributed by atoms with Crippen molar-refractivity contribution in [2.24, 2.45) is 0 Å². The minimum atomic E-state index is -0.601. The molecule has 0 saturated carbocycles. The summed E-state index contributed by atoms with van der Waals surface area (Å²) in [5.41, 5.74) is 0.271. The average molecular weight is 330 g/mol. The zero-order valence-electron chi connectivity index (χ0n) is 8.95. The van der Waals surface area contributed by atoms with E-state index >= 15 is 0 Å². The van der Waals surface area contributed by atoms with Gasteiger partial charge < -0.3 is 5.32 Å². The fourth-order valence-electron chi connectivity index (χ4n) is 1.33. The summed E-state index contributed by atoms with van der Waals surface area (Å²) in [5, 5.41) is 2.84. The van der Waals surface area contributed by atoms with Crippen molar-refractivity contribution in [1.29, 1.82) is 0 Å². The number of carbonyl (C=O) groups is 1. The number of halogens is 3. The highest BCUT2D eigenvalue weighted by Crippen LogP contribution is 2.21. The van der Waals surface area contributed by atoms with E-state index in [0.717, 1.165) is 0 Å². The van der Waals surface area contributed by atoms with Crippen LogP contribution in [0.3, 0.4) is 0 Å². The lowest BCUT2D eigenvalue weighted by Gasteiger charge is -2.07. The van der Waals surface area contributed by atoms with Gasteiger partial charge >= 0.3 is 0 Å². The molecule has 1 amide bonds. The molecule has 6 heteroatoms. The van der Waals surface area contributed by atoms with Crippen molar-refractivity contribution >= 4 is 39.1 Å². The second kappa shape index (κ2) is 5.46. The predicted molar refractivity (Wildman–Crippen MR) is 71.3 cm³/mol. The predicted octanol–water partition coefficient (Wildman–Crippen LogP) is 3.89. The second-order valence-corrected chi connectivity index (χ2v) is 4.76. The van der Waals surface area contributed by atoms with Gasteiger partial charge in [-0.2, -0.15) is 0 Å². The summed E-state index contributed by atoms with van der Waals surface area (Å²) >= 11 is 9.05. The number of nitrogens with one attached hydrogen (secondary N) is 1. The number of anilines is 1. The van der Waals surface area contributed by atoms with E-state index in [9.17, 15) is 9.18 Å². The first-order valence-electron chi connectivity index (χ1n) is 4.94. The van der Waals surface area contributed by atoms with Crippen molar-refractivity contribution in [2.45, 2.75) is 0 Å². The molecule has 0 aliphatic rings. The lowest BCUT2D eigenvalue weighted by Crippen LogP contribution is -2.14. The summed E-state index contributed by atoms with van der Waals surface area (Å²) < 4.78 is 14.1. The van der Waals surface area contributed by atoms with Crippen LogP contribution in [0.2, 0.25) is 5.02 Å². The molecule has 0 atom stereocenters. The van der Waals surface area contributed by atoms with Crippen LogP contribution in [0.5, 0.6) is 0 Å². The van der Waals surface area contributed by atoms with Gasteiger partial charge in [0.25, 0.3) is 5.91 Å². The summed E-state index contributed by atoms with van der Waals surface area (Å²) in [6.07, 6.45) is 2.90. The van der Waals surface area contributed by atoms with E-state index in [1.54, 1.807) is 0 Å². The Hall–Kier alpha value is -1.46. The van der Waals surface area contributed by atoms with Crippen LogP contribution in [0.25, 0.3) is 0 Å². The van der Waals surface area contributed by atoms with Crippen LogP contribution >= 0.6 is 27.5 Å². The van der Waals surface area contributed by atoms with Gasteiger partial charge in [0.2, 0.25) is 0 Å². The largest absolute Gasteiger partial charge is 0.319 e. The van der Waals surface area contributed by atoms with Gasteiger partial charge in [0.15, 0.2) is 0 Å². The minimum Gasteiger partial charge on any atom is -0.319 e. The summed E-state index contributed by atoms with van der Waals surface area (Å²) in [4.78, 5) is 15.7. The number of hydrogen-bond donors (Lipinski definition) is 1. The molecule has 3 nitrogen and oxygen atoms in total. The van der Waals surface area contributed by atoms with E-state index < -0.39 is 11.7 Å². The molecule has 1 aromatic heterocycles. The summed E-state index contributed by atoms with van der Waals surface area (Å²) in [7, 11) is 0. The Labute approximate surface area is 116 Å². The second-order valence-electron chi connectivity index (χ2n) is 3.43. The standard InChI is InChI=1S/C12H7BrClFN2O/c13-7-1-2-10(15)8(5-7)12(18)17-11-6-16-4-3-9(11)14/h1-6H,(H,17,18).